The van der Waals surface area contributed by atoms with Gasteiger partial charge in [0.25, 0.3) is 5.56 Å². The lowest BCUT2D eigenvalue weighted by atomic mass is 9.95. The molecule has 0 amide bonds. The largest absolute Gasteiger partial charge is 0.463 e. The standard InChI is InChI=1S/C26H27N3O3S/c1-6-32-25(31)22-17(3)27-26-29(23(22)19-11-13-20(14-12-19)28(4)5)24(30)21(33-26)15-18-9-7-16(2)8-10-18/h7-15,23H,6H2,1-5H3/b21-15-/t23-/m1/s1. The number of fused-ring (bicyclic) bond motifs is 1. The van der Waals surface area contributed by atoms with Gasteiger partial charge < -0.3 is 9.64 Å². The van der Waals surface area contributed by atoms with Crippen molar-refractivity contribution in [1.29, 1.82) is 0 Å². The molecule has 1 aromatic heterocycles. The van der Waals surface area contributed by atoms with Gasteiger partial charge in [-0.05, 0) is 50.1 Å². The van der Waals surface area contributed by atoms with Crippen LogP contribution in [0, 0.1) is 6.92 Å². The second-order valence-corrected chi connectivity index (χ2v) is 9.21. The maximum Gasteiger partial charge on any atom is 0.338 e. The third-order valence-corrected chi connectivity index (χ3v) is 6.60. The van der Waals surface area contributed by atoms with Crippen molar-refractivity contribution >= 4 is 29.1 Å². The summed E-state index contributed by atoms with van der Waals surface area (Å²) in [7, 11) is 3.94. The van der Waals surface area contributed by atoms with E-state index in [2.05, 4.69) is 4.99 Å². The molecule has 0 saturated heterocycles. The second kappa shape index (κ2) is 9.19. The molecule has 0 spiro atoms. The third-order valence-electron chi connectivity index (χ3n) is 5.62. The van der Waals surface area contributed by atoms with E-state index in [1.165, 1.54) is 11.3 Å². The number of aromatic nitrogens is 1. The van der Waals surface area contributed by atoms with Crippen LogP contribution in [-0.2, 0) is 9.53 Å². The van der Waals surface area contributed by atoms with Crippen molar-refractivity contribution in [2.75, 3.05) is 25.6 Å². The van der Waals surface area contributed by atoms with Gasteiger partial charge in [-0.25, -0.2) is 9.79 Å². The monoisotopic (exact) mass is 461 g/mol. The van der Waals surface area contributed by atoms with Gasteiger partial charge in [-0.2, -0.15) is 0 Å². The van der Waals surface area contributed by atoms with Crippen LogP contribution >= 0.6 is 11.3 Å². The Bertz CT molecular complexity index is 1390. The molecule has 1 aliphatic rings. The summed E-state index contributed by atoms with van der Waals surface area (Å²) in [4.78, 5) is 33.7. The minimum atomic E-state index is -0.600. The molecule has 7 heteroatoms. The van der Waals surface area contributed by atoms with Crippen LogP contribution < -0.4 is 19.8 Å². The molecule has 4 rings (SSSR count). The summed E-state index contributed by atoms with van der Waals surface area (Å²) in [6, 6.07) is 15.3. The number of hydrogen-bond donors (Lipinski definition) is 0. The summed E-state index contributed by atoms with van der Waals surface area (Å²) in [5, 5.41) is 0. The lowest BCUT2D eigenvalue weighted by Gasteiger charge is -2.25. The van der Waals surface area contributed by atoms with Crippen molar-refractivity contribution in [3.05, 3.63) is 96.2 Å². The number of anilines is 1. The summed E-state index contributed by atoms with van der Waals surface area (Å²) in [5.74, 6) is -0.451. The van der Waals surface area contributed by atoms with Gasteiger partial charge in [0.05, 0.1) is 28.5 Å². The van der Waals surface area contributed by atoms with Crippen molar-refractivity contribution < 1.29 is 9.53 Å². The number of esters is 1. The highest BCUT2D eigenvalue weighted by Gasteiger charge is 2.33. The van der Waals surface area contributed by atoms with Gasteiger partial charge >= 0.3 is 5.97 Å². The molecule has 0 aliphatic carbocycles. The summed E-state index contributed by atoms with van der Waals surface area (Å²) in [6.07, 6.45) is 1.87. The van der Waals surface area contributed by atoms with Crippen molar-refractivity contribution in [3.8, 4) is 0 Å². The zero-order valence-corrected chi connectivity index (χ0v) is 20.3. The lowest BCUT2D eigenvalue weighted by Crippen LogP contribution is -2.39. The average Bonchev–Trinajstić information content (AvgIpc) is 3.09. The van der Waals surface area contributed by atoms with Crippen LogP contribution in [0.4, 0.5) is 5.69 Å². The van der Waals surface area contributed by atoms with E-state index in [9.17, 15) is 9.59 Å². The molecule has 0 saturated carbocycles. The maximum absolute atomic E-state index is 13.6. The fourth-order valence-corrected chi connectivity index (χ4v) is 4.92. The SMILES string of the molecule is CCOC(=O)C1=C(C)N=c2s/c(=C\c3ccc(C)cc3)c(=O)n2[C@@H]1c1ccc(N(C)C)cc1. The van der Waals surface area contributed by atoms with Crippen molar-refractivity contribution in [3.63, 3.8) is 0 Å². The number of rotatable bonds is 5. The number of thiazole rings is 1. The van der Waals surface area contributed by atoms with E-state index in [1.807, 2.05) is 80.5 Å². The molecule has 170 valence electrons. The van der Waals surface area contributed by atoms with Crippen molar-refractivity contribution in [1.82, 2.24) is 4.57 Å². The Morgan fingerprint density at radius 1 is 1.12 bits per heavy atom. The smallest absolute Gasteiger partial charge is 0.338 e. The highest BCUT2D eigenvalue weighted by molar-refractivity contribution is 7.07. The van der Waals surface area contributed by atoms with Gasteiger partial charge in [-0.3, -0.25) is 9.36 Å². The molecule has 6 nitrogen and oxygen atoms in total. The van der Waals surface area contributed by atoms with E-state index in [4.69, 9.17) is 4.74 Å². The molecular formula is C26H27N3O3S. The van der Waals surface area contributed by atoms with Gasteiger partial charge in [0, 0.05) is 19.8 Å². The quantitative estimate of drug-likeness (QED) is 0.548. The van der Waals surface area contributed by atoms with E-state index in [0.29, 0.717) is 20.6 Å². The molecule has 0 radical (unpaired) electrons. The van der Waals surface area contributed by atoms with Crippen molar-refractivity contribution in [2.45, 2.75) is 26.8 Å². The first-order chi connectivity index (χ1) is 15.8. The second-order valence-electron chi connectivity index (χ2n) is 8.20. The number of nitrogens with zero attached hydrogens (tertiary/aromatic N) is 3. The fraction of sp³-hybridized carbons (Fsp3) is 0.269. The highest BCUT2D eigenvalue weighted by atomic mass is 32.1. The number of hydrogen-bond acceptors (Lipinski definition) is 6. The maximum atomic E-state index is 13.6. The average molecular weight is 462 g/mol. The molecule has 2 aromatic carbocycles. The number of aryl methyl sites for hydroxylation is 1. The van der Waals surface area contributed by atoms with Crippen LogP contribution in [0.3, 0.4) is 0 Å². The summed E-state index contributed by atoms with van der Waals surface area (Å²) in [5.41, 5.74) is 4.76. The Hall–Kier alpha value is -3.45. The highest BCUT2D eigenvalue weighted by Crippen LogP contribution is 2.31. The minimum absolute atomic E-state index is 0.171. The predicted molar refractivity (Wildman–Crippen MR) is 132 cm³/mol. The summed E-state index contributed by atoms with van der Waals surface area (Å²) < 4.78 is 7.54. The van der Waals surface area contributed by atoms with Crippen LogP contribution in [0.2, 0.25) is 0 Å². The molecule has 3 aromatic rings. The zero-order chi connectivity index (χ0) is 23.7. The Balaban J connectivity index is 1.92. The number of benzene rings is 2. The Labute approximate surface area is 196 Å². The molecule has 1 atom stereocenters. The fourth-order valence-electron chi connectivity index (χ4n) is 3.88. The van der Waals surface area contributed by atoms with Crippen LogP contribution in [0.15, 0.2) is 69.6 Å². The van der Waals surface area contributed by atoms with Crippen LogP contribution in [0.5, 0.6) is 0 Å². The molecule has 1 aliphatic heterocycles. The topological polar surface area (TPSA) is 63.9 Å². The predicted octanol–water partition coefficient (Wildman–Crippen LogP) is 3.17. The number of ether oxygens (including phenoxy) is 1. The molecule has 0 N–H and O–H groups in total. The first-order valence-corrected chi connectivity index (χ1v) is 11.7. The molecule has 0 fully saturated rings. The molecule has 2 heterocycles. The van der Waals surface area contributed by atoms with Gasteiger partial charge in [0.1, 0.15) is 0 Å². The Morgan fingerprint density at radius 2 is 1.79 bits per heavy atom. The Morgan fingerprint density at radius 3 is 2.39 bits per heavy atom. The van der Waals surface area contributed by atoms with Crippen LogP contribution in [0.25, 0.3) is 6.08 Å². The summed E-state index contributed by atoms with van der Waals surface area (Å²) >= 11 is 1.33. The van der Waals surface area contributed by atoms with Gasteiger partial charge in [-0.15, -0.1) is 0 Å². The normalized spacial score (nSPS) is 15.8. The van der Waals surface area contributed by atoms with Gasteiger partial charge in [0.2, 0.25) is 0 Å². The van der Waals surface area contributed by atoms with E-state index in [1.54, 1.807) is 18.4 Å². The lowest BCUT2D eigenvalue weighted by molar-refractivity contribution is -0.139. The first kappa shape index (κ1) is 22.7. The van der Waals surface area contributed by atoms with E-state index < -0.39 is 12.0 Å². The van der Waals surface area contributed by atoms with E-state index in [0.717, 1.165) is 22.4 Å². The van der Waals surface area contributed by atoms with Gasteiger partial charge in [0.15, 0.2) is 4.80 Å². The Kier molecular flexibility index (Phi) is 6.33. The minimum Gasteiger partial charge on any atom is -0.463 e. The third kappa shape index (κ3) is 4.41. The summed E-state index contributed by atoms with van der Waals surface area (Å²) in [6.45, 7) is 5.84. The molecule has 0 bridgehead atoms. The van der Waals surface area contributed by atoms with Crippen LogP contribution in [-0.4, -0.2) is 31.2 Å². The number of carbonyl (C=O) groups excluding carboxylic acids is 1. The van der Waals surface area contributed by atoms with E-state index in [-0.39, 0.29) is 12.2 Å². The molecule has 0 unspecified atom stereocenters. The van der Waals surface area contributed by atoms with E-state index >= 15 is 0 Å². The first-order valence-electron chi connectivity index (χ1n) is 10.8. The number of carbonyl (C=O) groups is 1. The van der Waals surface area contributed by atoms with Gasteiger partial charge in [-0.1, -0.05) is 53.3 Å². The van der Waals surface area contributed by atoms with Crippen LogP contribution in [0.1, 0.15) is 36.6 Å². The number of allylic oxidation sites excluding steroid dienone is 1. The molecule has 33 heavy (non-hydrogen) atoms. The molecular weight excluding hydrogens is 434 g/mol. The van der Waals surface area contributed by atoms with Crippen molar-refractivity contribution in [2.24, 2.45) is 4.99 Å². The zero-order valence-electron chi connectivity index (χ0n) is 19.5.